The number of hydrogen-bond donors (Lipinski definition) is 0. The zero-order valence-corrected chi connectivity index (χ0v) is 9.10. The Hall–Kier alpha value is -1.51. The first-order valence-electron chi connectivity index (χ1n) is 5.08. The molecule has 1 rings (SSSR count). The summed E-state index contributed by atoms with van der Waals surface area (Å²) in [5, 5.41) is 0. The van der Waals surface area contributed by atoms with Gasteiger partial charge in [-0.05, 0) is 26.0 Å². The van der Waals surface area contributed by atoms with Gasteiger partial charge in [-0.15, -0.1) is 0 Å². The van der Waals surface area contributed by atoms with Crippen LogP contribution in [0.25, 0.3) is 0 Å². The molecule has 3 heteroatoms. The largest absolute Gasteiger partial charge is 0.493 e. The molecule has 0 aliphatic rings. The van der Waals surface area contributed by atoms with E-state index in [1.807, 2.05) is 30.3 Å². The zero-order valence-electron chi connectivity index (χ0n) is 9.10. The Kier molecular flexibility index (Phi) is 4.68. The molecule has 1 unspecified atom stereocenters. The molecule has 0 fully saturated rings. The van der Waals surface area contributed by atoms with Crippen LogP contribution in [0.2, 0.25) is 0 Å². The first-order chi connectivity index (χ1) is 7.24. The van der Waals surface area contributed by atoms with Crippen LogP contribution in [-0.4, -0.2) is 19.2 Å². The molecule has 0 radical (unpaired) electrons. The summed E-state index contributed by atoms with van der Waals surface area (Å²) in [4.78, 5) is 11.3. The summed E-state index contributed by atoms with van der Waals surface area (Å²) >= 11 is 0. The van der Waals surface area contributed by atoms with Gasteiger partial charge in [0.2, 0.25) is 0 Å². The topological polar surface area (TPSA) is 35.5 Å². The predicted molar refractivity (Wildman–Crippen MR) is 57.7 cm³/mol. The highest BCUT2D eigenvalue weighted by Gasteiger charge is 2.14. The Morgan fingerprint density at radius 2 is 2.00 bits per heavy atom. The molecular formula is C12H16O3. The van der Waals surface area contributed by atoms with Gasteiger partial charge in [-0.1, -0.05) is 18.2 Å². The van der Waals surface area contributed by atoms with Crippen molar-refractivity contribution in [2.24, 2.45) is 5.92 Å². The summed E-state index contributed by atoms with van der Waals surface area (Å²) in [7, 11) is 0. The lowest BCUT2D eigenvalue weighted by Crippen LogP contribution is -2.21. The normalized spacial score (nSPS) is 11.9. The first kappa shape index (κ1) is 11.6. The number of esters is 1. The van der Waals surface area contributed by atoms with E-state index in [2.05, 4.69) is 0 Å². The van der Waals surface area contributed by atoms with Crippen LogP contribution in [0.5, 0.6) is 5.75 Å². The van der Waals surface area contributed by atoms with Crippen LogP contribution in [0.15, 0.2) is 30.3 Å². The van der Waals surface area contributed by atoms with Crippen molar-refractivity contribution < 1.29 is 14.3 Å². The third-order valence-corrected chi connectivity index (χ3v) is 1.93. The van der Waals surface area contributed by atoms with Crippen LogP contribution >= 0.6 is 0 Å². The third kappa shape index (κ3) is 4.02. The SMILES string of the molecule is CCOC(=O)C(C)COc1ccccc1. The molecule has 0 saturated carbocycles. The Balaban J connectivity index is 2.34. The van der Waals surface area contributed by atoms with Gasteiger partial charge in [0.15, 0.2) is 0 Å². The second kappa shape index (κ2) is 6.06. The van der Waals surface area contributed by atoms with Crippen LogP contribution in [-0.2, 0) is 9.53 Å². The number of carbonyl (C=O) groups is 1. The zero-order chi connectivity index (χ0) is 11.1. The van der Waals surface area contributed by atoms with Crippen molar-refractivity contribution in [1.29, 1.82) is 0 Å². The van der Waals surface area contributed by atoms with E-state index in [1.165, 1.54) is 0 Å². The smallest absolute Gasteiger partial charge is 0.312 e. The van der Waals surface area contributed by atoms with Crippen LogP contribution in [0.3, 0.4) is 0 Å². The monoisotopic (exact) mass is 208 g/mol. The fraction of sp³-hybridized carbons (Fsp3) is 0.417. The van der Waals surface area contributed by atoms with E-state index in [9.17, 15) is 4.79 Å². The summed E-state index contributed by atoms with van der Waals surface area (Å²) in [5.74, 6) is 0.326. The molecule has 1 aromatic rings. The summed E-state index contributed by atoms with van der Waals surface area (Å²) in [5.41, 5.74) is 0. The molecule has 0 heterocycles. The van der Waals surface area contributed by atoms with Crippen LogP contribution in [0.1, 0.15) is 13.8 Å². The highest BCUT2D eigenvalue weighted by atomic mass is 16.5. The first-order valence-corrected chi connectivity index (χ1v) is 5.08. The van der Waals surface area contributed by atoms with Crippen molar-refractivity contribution in [2.75, 3.05) is 13.2 Å². The van der Waals surface area contributed by atoms with Crippen molar-refractivity contribution in [3.8, 4) is 5.75 Å². The molecule has 82 valence electrons. The van der Waals surface area contributed by atoms with Gasteiger partial charge in [-0.3, -0.25) is 4.79 Å². The van der Waals surface area contributed by atoms with E-state index >= 15 is 0 Å². The van der Waals surface area contributed by atoms with Crippen molar-refractivity contribution >= 4 is 5.97 Å². The molecule has 1 aromatic carbocycles. The molecule has 15 heavy (non-hydrogen) atoms. The highest BCUT2D eigenvalue weighted by molar-refractivity contribution is 5.72. The van der Waals surface area contributed by atoms with E-state index in [-0.39, 0.29) is 11.9 Å². The molecule has 3 nitrogen and oxygen atoms in total. The number of ether oxygens (including phenoxy) is 2. The maximum Gasteiger partial charge on any atom is 0.312 e. The van der Waals surface area contributed by atoms with Crippen molar-refractivity contribution in [3.05, 3.63) is 30.3 Å². The second-order valence-electron chi connectivity index (χ2n) is 3.28. The molecule has 0 amide bonds. The van der Waals surface area contributed by atoms with Gasteiger partial charge in [-0.2, -0.15) is 0 Å². The van der Waals surface area contributed by atoms with E-state index in [0.717, 1.165) is 5.75 Å². The third-order valence-electron chi connectivity index (χ3n) is 1.93. The molecule has 0 N–H and O–H groups in total. The molecule has 0 aromatic heterocycles. The average molecular weight is 208 g/mol. The standard InChI is InChI=1S/C12H16O3/c1-3-14-12(13)10(2)9-15-11-7-5-4-6-8-11/h4-8,10H,3,9H2,1-2H3. The summed E-state index contributed by atoms with van der Waals surface area (Å²) in [6.07, 6.45) is 0. The molecule has 1 atom stereocenters. The average Bonchev–Trinajstić information content (AvgIpc) is 2.27. The fourth-order valence-corrected chi connectivity index (χ4v) is 1.09. The van der Waals surface area contributed by atoms with Gasteiger partial charge in [0.25, 0.3) is 0 Å². The summed E-state index contributed by atoms with van der Waals surface area (Å²) in [6, 6.07) is 9.42. The Labute approximate surface area is 90.0 Å². The Bertz CT molecular complexity index is 295. The Morgan fingerprint density at radius 1 is 1.33 bits per heavy atom. The molecule has 0 spiro atoms. The van der Waals surface area contributed by atoms with Crippen molar-refractivity contribution in [2.45, 2.75) is 13.8 Å². The molecule has 0 aliphatic carbocycles. The van der Waals surface area contributed by atoms with Gasteiger partial charge in [-0.25, -0.2) is 0 Å². The lowest BCUT2D eigenvalue weighted by Gasteiger charge is -2.11. The minimum Gasteiger partial charge on any atom is -0.493 e. The number of carbonyl (C=O) groups excluding carboxylic acids is 1. The lowest BCUT2D eigenvalue weighted by molar-refractivity contribution is -0.148. The quantitative estimate of drug-likeness (QED) is 0.696. The van der Waals surface area contributed by atoms with Gasteiger partial charge in [0.05, 0.1) is 12.5 Å². The molecule has 0 aliphatic heterocycles. The van der Waals surface area contributed by atoms with Gasteiger partial charge in [0.1, 0.15) is 12.4 Å². The van der Waals surface area contributed by atoms with Crippen LogP contribution in [0, 0.1) is 5.92 Å². The van der Waals surface area contributed by atoms with Crippen molar-refractivity contribution in [1.82, 2.24) is 0 Å². The van der Waals surface area contributed by atoms with E-state index in [0.29, 0.717) is 13.2 Å². The minimum absolute atomic E-state index is 0.214. The number of hydrogen-bond acceptors (Lipinski definition) is 3. The summed E-state index contributed by atoms with van der Waals surface area (Å²) < 4.78 is 10.3. The maximum absolute atomic E-state index is 11.3. The van der Waals surface area contributed by atoms with Crippen molar-refractivity contribution in [3.63, 3.8) is 0 Å². The molecule has 0 bridgehead atoms. The van der Waals surface area contributed by atoms with Gasteiger partial charge < -0.3 is 9.47 Å². The second-order valence-corrected chi connectivity index (χ2v) is 3.28. The van der Waals surface area contributed by atoms with E-state index in [1.54, 1.807) is 13.8 Å². The number of para-hydroxylation sites is 1. The molecular weight excluding hydrogens is 192 g/mol. The number of rotatable bonds is 5. The summed E-state index contributed by atoms with van der Waals surface area (Å²) in [6.45, 7) is 4.35. The Morgan fingerprint density at radius 3 is 2.60 bits per heavy atom. The maximum atomic E-state index is 11.3. The fourth-order valence-electron chi connectivity index (χ4n) is 1.09. The van der Waals surface area contributed by atoms with Gasteiger partial charge in [0, 0.05) is 0 Å². The number of benzene rings is 1. The predicted octanol–water partition coefficient (Wildman–Crippen LogP) is 2.26. The van der Waals surface area contributed by atoms with Gasteiger partial charge >= 0.3 is 5.97 Å². The van der Waals surface area contributed by atoms with Crippen LogP contribution < -0.4 is 4.74 Å². The van der Waals surface area contributed by atoms with E-state index in [4.69, 9.17) is 9.47 Å². The van der Waals surface area contributed by atoms with Crippen LogP contribution in [0.4, 0.5) is 0 Å². The minimum atomic E-state index is -0.231. The van der Waals surface area contributed by atoms with E-state index < -0.39 is 0 Å². The highest BCUT2D eigenvalue weighted by Crippen LogP contribution is 2.10. The lowest BCUT2D eigenvalue weighted by atomic mass is 10.2. The molecule has 0 saturated heterocycles.